The molecule has 0 bridgehead atoms. The summed E-state index contributed by atoms with van der Waals surface area (Å²) in [5, 5.41) is 3.00. The number of carbonyl (C=O) groups excluding carboxylic acids is 2. The molecule has 206 valence electrons. The van der Waals surface area contributed by atoms with Gasteiger partial charge in [-0.1, -0.05) is 54.6 Å². The third kappa shape index (κ3) is 7.17. The van der Waals surface area contributed by atoms with Crippen LogP contribution in [0.15, 0.2) is 97.3 Å². The molecule has 0 spiro atoms. The molecule has 0 unspecified atom stereocenters. The highest BCUT2D eigenvalue weighted by molar-refractivity contribution is 5.89. The zero-order chi connectivity index (χ0) is 28.3. The second-order valence-corrected chi connectivity index (χ2v) is 9.13. The second kappa shape index (κ2) is 13.8. The number of nitrogens with zero attached hydrogens (tertiary/aromatic N) is 2. The maximum absolute atomic E-state index is 14.0. The van der Waals surface area contributed by atoms with Crippen molar-refractivity contribution in [3.8, 4) is 17.2 Å². The van der Waals surface area contributed by atoms with Crippen molar-refractivity contribution in [1.82, 2.24) is 15.2 Å². The average molecular weight is 540 g/mol. The summed E-state index contributed by atoms with van der Waals surface area (Å²) in [6.45, 7) is 0.506. The molecular weight excluding hydrogens is 506 g/mol. The third-order valence-electron chi connectivity index (χ3n) is 6.50. The Morgan fingerprint density at radius 2 is 1.52 bits per heavy atom. The fourth-order valence-corrected chi connectivity index (χ4v) is 4.41. The van der Waals surface area contributed by atoms with Gasteiger partial charge in [0, 0.05) is 25.5 Å². The number of pyridine rings is 1. The first-order valence-corrected chi connectivity index (χ1v) is 12.9. The van der Waals surface area contributed by atoms with Crippen LogP contribution in [0, 0.1) is 0 Å². The Morgan fingerprint density at radius 3 is 2.17 bits per heavy atom. The van der Waals surface area contributed by atoms with E-state index in [1.54, 1.807) is 50.8 Å². The molecule has 8 nitrogen and oxygen atoms in total. The summed E-state index contributed by atoms with van der Waals surface area (Å²) in [6, 6.07) is 25.0. The number of ether oxygens (including phenoxy) is 3. The summed E-state index contributed by atoms with van der Waals surface area (Å²) >= 11 is 0. The molecule has 0 aliphatic rings. The molecule has 4 aromatic rings. The number of nitrogens with one attached hydrogen (secondary N) is 1. The fraction of sp³-hybridized carbons (Fsp3) is 0.219. The van der Waals surface area contributed by atoms with E-state index in [0.717, 1.165) is 16.7 Å². The summed E-state index contributed by atoms with van der Waals surface area (Å²) in [7, 11) is 4.72. The first kappa shape index (κ1) is 28.2. The minimum atomic E-state index is -0.868. The van der Waals surface area contributed by atoms with Gasteiger partial charge in [-0.05, 0) is 52.6 Å². The number of hydrogen-bond acceptors (Lipinski definition) is 6. The Balaban J connectivity index is 1.69. The van der Waals surface area contributed by atoms with E-state index in [4.69, 9.17) is 14.2 Å². The highest BCUT2D eigenvalue weighted by Crippen LogP contribution is 2.30. The van der Waals surface area contributed by atoms with Crippen LogP contribution in [0.3, 0.4) is 0 Å². The van der Waals surface area contributed by atoms with Gasteiger partial charge in [0.15, 0.2) is 11.5 Å². The number of amides is 2. The highest BCUT2D eigenvalue weighted by atomic mass is 16.5. The largest absolute Gasteiger partial charge is 0.497 e. The van der Waals surface area contributed by atoms with Gasteiger partial charge >= 0.3 is 0 Å². The Morgan fingerprint density at radius 1 is 0.800 bits per heavy atom. The maximum atomic E-state index is 14.0. The van der Waals surface area contributed by atoms with Crippen molar-refractivity contribution in [2.45, 2.75) is 25.6 Å². The van der Waals surface area contributed by atoms with E-state index in [0.29, 0.717) is 22.8 Å². The maximum Gasteiger partial charge on any atom is 0.247 e. The van der Waals surface area contributed by atoms with Crippen LogP contribution >= 0.6 is 0 Å². The van der Waals surface area contributed by atoms with Crippen molar-refractivity contribution in [3.63, 3.8) is 0 Å². The zero-order valence-electron chi connectivity index (χ0n) is 22.9. The van der Waals surface area contributed by atoms with E-state index < -0.39 is 6.04 Å². The van der Waals surface area contributed by atoms with Crippen LogP contribution in [0.25, 0.3) is 0 Å². The molecule has 0 fully saturated rings. The quantitative estimate of drug-likeness (QED) is 0.280. The first-order valence-electron chi connectivity index (χ1n) is 12.9. The molecule has 0 saturated heterocycles. The topological polar surface area (TPSA) is 90.0 Å². The smallest absolute Gasteiger partial charge is 0.247 e. The molecule has 1 atom stereocenters. The minimum absolute atomic E-state index is 0.0652. The molecule has 1 N–H and O–H groups in total. The van der Waals surface area contributed by atoms with E-state index in [9.17, 15) is 9.59 Å². The molecule has 1 heterocycles. The van der Waals surface area contributed by atoms with Crippen LogP contribution in [0.4, 0.5) is 0 Å². The van der Waals surface area contributed by atoms with E-state index >= 15 is 0 Å². The number of aromatic nitrogens is 1. The van der Waals surface area contributed by atoms with Crippen molar-refractivity contribution in [2.24, 2.45) is 0 Å². The average Bonchev–Trinajstić information content (AvgIpc) is 3.01. The minimum Gasteiger partial charge on any atom is -0.497 e. The van der Waals surface area contributed by atoms with Crippen LogP contribution in [-0.4, -0.2) is 43.0 Å². The molecule has 2 amide bonds. The summed E-state index contributed by atoms with van der Waals surface area (Å²) in [5.74, 6) is 1.31. The van der Waals surface area contributed by atoms with E-state index in [-0.39, 0.29) is 31.3 Å². The molecule has 0 aliphatic heterocycles. The number of carbonyl (C=O) groups is 2. The summed E-state index contributed by atoms with van der Waals surface area (Å²) < 4.78 is 16.1. The summed E-state index contributed by atoms with van der Waals surface area (Å²) in [4.78, 5) is 33.6. The van der Waals surface area contributed by atoms with Crippen molar-refractivity contribution in [2.75, 3.05) is 21.3 Å². The van der Waals surface area contributed by atoms with Gasteiger partial charge in [0.1, 0.15) is 11.8 Å². The van der Waals surface area contributed by atoms with Gasteiger partial charge < -0.3 is 24.4 Å². The lowest BCUT2D eigenvalue weighted by atomic mass is 10.0. The Hall–Kier alpha value is -4.85. The molecule has 40 heavy (non-hydrogen) atoms. The standard InChI is InChI=1S/C32H33N3O5/c1-38-27-14-11-23(12-15-27)22-35(30(36)19-24-13-16-28(39-2)29(18-24)40-3)31(26-9-5-4-6-10-26)32(37)34-21-25-8-7-17-33-20-25/h4-18,20,31H,19,21-22H2,1-3H3,(H,34,37)/t31-/m0/s1. The van der Waals surface area contributed by atoms with Gasteiger partial charge in [-0.25, -0.2) is 0 Å². The lowest BCUT2D eigenvalue weighted by Crippen LogP contribution is -2.43. The Kier molecular flexibility index (Phi) is 9.72. The van der Waals surface area contributed by atoms with Crippen LogP contribution in [0.2, 0.25) is 0 Å². The van der Waals surface area contributed by atoms with Gasteiger partial charge in [-0.3, -0.25) is 14.6 Å². The van der Waals surface area contributed by atoms with Crippen LogP contribution in [-0.2, 0) is 29.1 Å². The molecular formula is C32H33N3O5. The van der Waals surface area contributed by atoms with Crippen molar-refractivity contribution in [3.05, 3.63) is 120 Å². The van der Waals surface area contributed by atoms with Crippen molar-refractivity contribution >= 4 is 11.8 Å². The molecule has 0 aliphatic carbocycles. The molecule has 0 radical (unpaired) electrons. The molecule has 0 saturated carbocycles. The molecule has 4 rings (SSSR count). The summed E-state index contributed by atoms with van der Waals surface area (Å²) in [5.41, 5.74) is 3.17. The molecule has 1 aromatic heterocycles. The second-order valence-electron chi connectivity index (χ2n) is 9.13. The van der Waals surface area contributed by atoms with Gasteiger partial charge in [0.2, 0.25) is 11.8 Å². The number of hydrogen-bond donors (Lipinski definition) is 1. The van der Waals surface area contributed by atoms with Gasteiger partial charge in [-0.2, -0.15) is 0 Å². The third-order valence-corrected chi connectivity index (χ3v) is 6.50. The van der Waals surface area contributed by atoms with E-state index in [1.165, 1.54) is 0 Å². The molecule has 8 heteroatoms. The van der Waals surface area contributed by atoms with Crippen molar-refractivity contribution < 1.29 is 23.8 Å². The van der Waals surface area contributed by atoms with Gasteiger partial charge in [0.05, 0.1) is 27.8 Å². The Bertz CT molecular complexity index is 1400. The van der Waals surface area contributed by atoms with Gasteiger partial charge in [-0.15, -0.1) is 0 Å². The van der Waals surface area contributed by atoms with Gasteiger partial charge in [0.25, 0.3) is 0 Å². The number of rotatable bonds is 12. The fourth-order valence-electron chi connectivity index (χ4n) is 4.41. The lowest BCUT2D eigenvalue weighted by molar-refractivity contribution is -0.141. The van der Waals surface area contributed by atoms with E-state index in [2.05, 4.69) is 10.3 Å². The Labute approximate surface area is 234 Å². The zero-order valence-corrected chi connectivity index (χ0v) is 22.9. The van der Waals surface area contributed by atoms with Crippen LogP contribution in [0.1, 0.15) is 28.3 Å². The number of benzene rings is 3. The number of methoxy groups -OCH3 is 3. The summed E-state index contributed by atoms with van der Waals surface area (Å²) in [6.07, 6.45) is 3.45. The predicted octanol–water partition coefficient (Wildman–Crippen LogP) is 4.74. The lowest BCUT2D eigenvalue weighted by Gasteiger charge is -2.32. The van der Waals surface area contributed by atoms with Crippen molar-refractivity contribution in [1.29, 1.82) is 0 Å². The SMILES string of the molecule is COc1ccc(CN(C(=O)Cc2ccc(OC)c(OC)c2)[C@H](C(=O)NCc2cccnc2)c2ccccc2)cc1. The predicted molar refractivity (Wildman–Crippen MR) is 152 cm³/mol. The highest BCUT2D eigenvalue weighted by Gasteiger charge is 2.31. The van der Waals surface area contributed by atoms with Crippen LogP contribution < -0.4 is 19.5 Å². The van der Waals surface area contributed by atoms with Crippen LogP contribution in [0.5, 0.6) is 17.2 Å². The normalized spacial score (nSPS) is 11.3. The first-order chi connectivity index (χ1) is 19.5. The monoisotopic (exact) mass is 539 g/mol. The molecule has 3 aromatic carbocycles. The van der Waals surface area contributed by atoms with E-state index in [1.807, 2.05) is 72.8 Å².